The molecule has 1 aliphatic rings. The molecule has 25 heavy (non-hydrogen) atoms. The van der Waals surface area contributed by atoms with Gasteiger partial charge in [-0.1, -0.05) is 0 Å². The number of nitriles is 1. The molecule has 1 aromatic heterocycles. The Morgan fingerprint density at radius 1 is 1.24 bits per heavy atom. The van der Waals surface area contributed by atoms with Gasteiger partial charge >= 0.3 is 0 Å². The molecule has 1 aromatic carbocycles. The molecule has 0 bridgehead atoms. The minimum absolute atomic E-state index is 0.0569. The lowest BCUT2D eigenvalue weighted by atomic mass is 10.0. The molecule has 0 amide bonds. The van der Waals surface area contributed by atoms with Crippen molar-refractivity contribution in [3.05, 3.63) is 29.3 Å². The fourth-order valence-electron chi connectivity index (χ4n) is 3.14. The van der Waals surface area contributed by atoms with Crippen LogP contribution in [0.5, 0.6) is 5.75 Å². The summed E-state index contributed by atoms with van der Waals surface area (Å²) in [4.78, 5) is 10.5. The highest BCUT2D eigenvalue weighted by atomic mass is 16.5. The van der Waals surface area contributed by atoms with E-state index in [2.05, 4.69) is 20.9 Å². The Bertz CT molecular complexity index is 808. The Morgan fingerprint density at radius 3 is 2.68 bits per heavy atom. The maximum Gasteiger partial charge on any atom is 0.222 e. The number of hydrogen-bond donors (Lipinski definition) is 2. The van der Waals surface area contributed by atoms with E-state index < -0.39 is 0 Å². The van der Waals surface area contributed by atoms with Crippen molar-refractivity contribution in [2.24, 2.45) is 0 Å². The first kappa shape index (κ1) is 17.0. The molecule has 130 valence electrons. The fourth-order valence-corrected chi connectivity index (χ4v) is 3.14. The van der Waals surface area contributed by atoms with E-state index in [9.17, 15) is 5.26 Å². The van der Waals surface area contributed by atoms with Gasteiger partial charge in [0.15, 0.2) is 0 Å². The van der Waals surface area contributed by atoms with E-state index in [1.54, 1.807) is 0 Å². The summed E-state index contributed by atoms with van der Waals surface area (Å²) in [6.45, 7) is 5.55. The minimum Gasteiger partial charge on any atom is -0.494 e. The van der Waals surface area contributed by atoms with Crippen LogP contribution in [0, 0.1) is 11.3 Å². The number of nitrogens with zero attached hydrogens (tertiary/aromatic N) is 4. The molecule has 0 saturated carbocycles. The van der Waals surface area contributed by atoms with Crippen molar-refractivity contribution < 1.29 is 4.74 Å². The van der Waals surface area contributed by atoms with Crippen LogP contribution in [0.3, 0.4) is 0 Å². The number of rotatable bonds is 5. The Hall–Kier alpha value is -2.85. The summed E-state index contributed by atoms with van der Waals surface area (Å²) in [6, 6.07) is 7.87. The zero-order chi connectivity index (χ0) is 17.8. The Labute approximate surface area is 147 Å². The van der Waals surface area contributed by atoms with E-state index in [-0.39, 0.29) is 17.3 Å². The highest BCUT2D eigenvalue weighted by molar-refractivity contribution is 5.74. The normalized spacial score (nSPS) is 14.4. The molecule has 1 aliphatic heterocycles. The molecule has 0 atom stereocenters. The maximum absolute atomic E-state index is 9.41. The van der Waals surface area contributed by atoms with E-state index in [1.165, 1.54) is 12.8 Å². The molecule has 7 heteroatoms. The first-order chi connectivity index (χ1) is 12.1. The van der Waals surface area contributed by atoms with E-state index in [4.69, 9.17) is 16.2 Å². The lowest BCUT2D eigenvalue weighted by molar-refractivity contribution is 0.305. The average molecular weight is 338 g/mol. The molecule has 2 heterocycles. The van der Waals surface area contributed by atoms with Gasteiger partial charge in [-0.3, -0.25) is 4.90 Å². The predicted molar refractivity (Wildman–Crippen MR) is 96.7 cm³/mol. The van der Waals surface area contributed by atoms with Crippen LogP contribution in [0.2, 0.25) is 0 Å². The summed E-state index contributed by atoms with van der Waals surface area (Å²) in [7, 11) is 0. The number of hydrogen-bond acceptors (Lipinski definition) is 7. The van der Waals surface area contributed by atoms with Crippen molar-refractivity contribution in [3.8, 4) is 23.1 Å². The van der Waals surface area contributed by atoms with Gasteiger partial charge < -0.3 is 16.2 Å². The summed E-state index contributed by atoms with van der Waals surface area (Å²) in [6.07, 6.45) is 2.45. The lowest BCUT2D eigenvalue weighted by Gasteiger charge is -2.18. The largest absolute Gasteiger partial charge is 0.494 e. The Morgan fingerprint density at radius 2 is 2.00 bits per heavy atom. The van der Waals surface area contributed by atoms with Gasteiger partial charge in [0.05, 0.1) is 12.3 Å². The number of likely N-dealkylation sites (tertiary alicyclic amines) is 1. The van der Waals surface area contributed by atoms with Crippen molar-refractivity contribution in [3.63, 3.8) is 0 Å². The molecule has 2 aromatic rings. The van der Waals surface area contributed by atoms with Gasteiger partial charge in [-0.25, -0.2) is 4.98 Å². The molecule has 7 nitrogen and oxygen atoms in total. The Kier molecular flexibility index (Phi) is 5.00. The highest BCUT2D eigenvalue weighted by Gasteiger charge is 2.18. The van der Waals surface area contributed by atoms with Crippen LogP contribution in [0.15, 0.2) is 18.2 Å². The van der Waals surface area contributed by atoms with Crippen LogP contribution in [0.4, 0.5) is 11.8 Å². The smallest absolute Gasteiger partial charge is 0.222 e. The molecule has 1 fully saturated rings. The van der Waals surface area contributed by atoms with Crippen molar-refractivity contribution in [1.29, 1.82) is 5.26 Å². The summed E-state index contributed by atoms with van der Waals surface area (Å²) in [5.41, 5.74) is 14.1. The van der Waals surface area contributed by atoms with E-state index in [0.717, 1.165) is 36.5 Å². The third-order valence-corrected chi connectivity index (χ3v) is 4.29. The zero-order valence-corrected chi connectivity index (χ0v) is 14.3. The highest BCUT2D eigenvalue weighted by Crippen LogP contribution is 2.31. The van der Waals surface area contributed by atoms with Gasteiger partial charge in [-0.05, 0) is 51.1 Å². The van der Waals surface area contributed by atoms with Crippen molar-refractivity contribution in [2.75, 3.05) is 31.2 Å². The lowest BCUT2D eigenvalue weighted by Crippen LogP contribution is -2.19. The van der Waals surface area contributed by atoms with E-state index >= 15 is 0 Å². The summed E-state index contributed by atoms with van der Waals surface area (Å²) >= 11 is 0. The second kappa shape index (κ2) is 7.36. The second-order valence-electron chi connectivity index (χ2n) is 6.04. The molecule has 0 aliphatic carbocycles. The SMILES string of the molecule is CCOc1ccc(-c2nc(N)nc(N)c2C#N)cc1CN1CCCC1. The van der Waals surface area contributed by atoms with Crippen LogP contribution in [0.1, 0.15) is 30.9 Å². The second-order valence-corrected chi connectivity index (χ2v) is 6.04. The van der Waals surface area contributed by atoms with Gasteiger partial charge in [0.2, 0.25) is 5.95 Å². The summed E-state index contributed by atoms with van der Waals surface area (Å²) < 4.78 is 5.77. The number of nitrogens with two attached hydrogens (primary N) is 2. The van der Waals surface area contributed by atoms with Gasteiger partial charge in [0, 0.05) is 17.7 Å². The van der Waals surface area contributed by atoms with Gasteiger partial charge in [-0.2, -0.15) is 10.2 Å². The minimum atomic E-state index is 0.0569. The maximum atomic E-state index is 9.41. The number of ether oxygens (including phenoxy) is 1. The van der Waals surface area contributed by atoms with Crippen molar-refractivity contribution >= 4 is 11.8 Å². The van der Waals surface area contributed by atoms with E-state index in [0.29, 0.717) is 12.3 Å². The van der Waals surface area contributed by atoms with Crippen molar-refractivity contribution in [1.82, 2.24) is 14.9 Å². The summed E-state index contributed by atoms with van der Waals surface area (Å²) in [5.74, 6) is 1.01. The van der Waals surface area contributed by atoms with Crippen LogP contribution in [0.25, 0.3) is 11.3 Å². The monoisotopic (exact) mass is 338 g/mol. The molecule has 3 rings (SSSR count). The van der Waals surface area contributed by atoms with Gasteiger partial charge in [-0.15, -0.1) is 0 Å². The molecular weight excluding hydrogens is 316 g/mol. The summed E-state index contributed by atoms with van der Waals surface area (Å²) in [5, 5.41) is 9.41. The third kappa shape index (κ3) is 3.64. The molecular formula is C18H22N6O. The molecule has 0 spiro atoms. The van der Waals surface area contributed by atoms with Gasteiger partial charge in [0.1, 0.15) is 23.2 Å². The predicted octanol–water partition coefficient (Wildman–Crippen LogP) is 2.17. The topological polar surface area (TPSA) is 114 Å². The molecule has 4 N–H and O–H groups in total. The number of anilines is 2. The fraction of sp³-hybridized carbons (Fsp3) is 0.389. The van der Waals surface area contributed by atoms with Crippen LogP contribution >= 0.6 is 0 Å². The van der Waals surface area contributed by atoms with E-state index in [1.807, 2.05) is 25.1 Å². The van der Waals surface area contributed by atoms with Crippen molar-refractivity contribution in [2.45, 2.75) is 26.3 Å². The van der Waals surface area contributed by atoms with Crippen LogP contribution in [-0.4, -0.2) is 34.6 Å². The zero-order valence-electron chi connectivity index (χ0n) is 14.3. The van der Waals surface area contributed by atoms with Crippen LogP contribution < -0.4 is 16.2 Å². The quantitative estimate of drug-likeness (QED) is 0.858. The molecule has 0 radical (unpaired) electrons. The third-order valence-electron chi connectivity index (χ3n) is 4.29. The molecule has 1 saturated heterocycles. The number of nitrogen functional groups attached to an aromatic ring is 2. The first-order valence-electron chi connectivity index (χ1n) is 8.44. The average Bonchev–Trinajstić information content (AvgIpc) is 3.09. The first-order valence-corrected chi connectivity index (χ1v) is 8.44. The number of aromatic nitrogens is 2. The van der Waals surface area contributed by atoms with Gasteiger partial charge in [0.25, 0.3) is 0 Å². The van der Waals surface area contributed by atoms with Crippen LogP contribution in [-0.2, 0) is 6.54 Å². The standard InChI is InChI=1S/C18H22N6O/c1-2-25-15-6-5-12(9-13(15)11-24-7-3-4-8-24)16-14(10-19)17(20)23-18(21)22-16/h5-6,9H,2-4,7-8,11H2,1H3,(H4,20,21,22,23). The Balaban J connectivity index is 2.04. The number of benzene rings is 1. The molecule has 0 unspecified atom stereocenters.